The van der Waals surface area contributed by atoms with E-state index in [0.717, 1.165) is 0 Å². The summed E-state index contributed by atoms with van der Waals surface area (Å²) in [5.41, 5.74) is 0.509. The van der Waals surface area contributed by atoms with Crippen molar-refractivity contribution >= 4 is 5.97 Å². The molecule has 0 bridgehead atoms. The fraction of sp³-hybridized carbons (Fsp3) is 0.133. The number of hydrogen-bond acceptors (Lipinski definition) is 4. The Morgan fingerprint density at radius 3 is 2.55 bits per heavy atom. The molecule has 0 unspecified atom stereocenters. The maximum atomic E-state index is 13.4. The third-order valence-electron chi connectivity index (χ3n) is 2.89. The van der Waals surface area contributed by atoms with Crippen LogP contribution in [0.4, 0.5) is 4.39 Å². The lowest BCUT2D eigenvalue weighted by atomic mass is 10.1. The molecule has 0 fully saturated rings. The van der Waals surface area contributed by atoms with Gasteiger partial charge in [-0.15, -0.1) is 0 Å². The second kappa shape index (κ2) is 5.61. The number of esters is 1. The molecule has 20 heavy (non-hydrogen) atoms. The maximum Gasteiger partial charge on any atom is 0.342 e. The van der Waals surface area contributed by atoms with Gasteiger partial charge in [-0.3, -0.25) is 0 Å². The minimum absolute atomic E-state index is 0.163. The zero-order valence-electron chi connectivity index (χ0n) is 10.8. The summed E-state index contributed by atoms with van der Waals surface area (Å²) in [4.78, 5) is 11.8. The number of hydrogen-bond donors (Lipinski definition) is 2. The number of carbonyl (C=O) groups excluding carboxylic acids is 1. The zero-order valence-corrected chi connectivity index (χ0v) is 10.8. The highest BCUT2D eigenvalue weighted by atomic mass is 19.1. The lowest BCUT2D eigenvalue weighted by Gasteiger charge is -2.09. The van der Waals surface area contributed by atoms with E-state index in [4.69, 9.17) is 4.74 Å². The minimum atomic E-state index is -0.832. The first-order valence-electron chi connectivity index (χ1n) is 5.92. The van der Waals surface area contributed by atoms with E-state index in [0.29, 0.717) is 5.56 Å². The summed E-state index contributed by atoms with van der Waals surface area (Å²) < 4.78 is 18.3. The normalized spacial score (nSPS) is 10.3. The number of phenols is 2. The first kappa shape index (κ1) is 13.9. The summed E-state index contributed by atoms with van der Waals surface area (Å²) in [6, 6.07) is 8.74. The minimum Gasteiger partial charge on any atom is -0.504 e. The molecule has 2 N–H and O–H groups in total. The van der Waals surface area contributed by atoms with Crippen molar-refractivity contribution in [1.82, 2.24) is 0 Å². The van der Waals surface area contributed by atoms with Crippen molar-refractivity contribution in [2.75, 3.05) is 0 Å². The summed E-state index contributed by atoms with van der Waals surface area (Å²) in [7, 11) is 0. The molecule has 104 valence electrons. The molecule has 0 atom stereocenters. The number of phenolic OH excluding ortho intramolecular Hbond substituents is 2. The van der Waals surface area contributed by atoms with Gasteiger partial charge in [0.2, 0.25) is 0 Å². The van der Waals surface area contributed by atoms with Crippen LogP contribution in [0.25, 0.3) is 0 Å². The van der Waals surface area contributed by atoms with E-state index < -0.39 is 17.5 Å². The van der Waals surface area contributed by atoms with Gasteiger partial charge in [0.15, 0.2) is 11.5 Å². The molecule has 0 spiro atoms. The Kier molecular flexibility index (Phi) is 3.89. The average molecular weight is 276 g/mol. The van der Waals surface area contributed by atoms with Crippen molar-refractivity contribution in [2.24, 2.45) is 0 Å². The molecule has 0 heterocycles. The second-order valence-corrected chi connectivity index (χ2v) is 4.29. The van der Waals surface area contributed by atoms with Gasteiger partial charge in [0.25, 0.3) is 0 Å². The van der Waals surface area contributed by atoms with E-state index >= 15 is 0 Å². The Bertz CT molecular complexity index is 652. The molecule has 0 saturated heterocycles. The number of halogens is 1. The number of aryl methyl sites for hydroxylation is 1. The maximum absolute atomic E-state index is 13.4. The van der Waals surface area contributed by atoms with E-state index in [2.05, 4.69) is 0 Å². The summed E-state index contributed by atoms with van der Waals surface area (Å²) in [6.07, 6.45) is 0. The number of carbonyl (C=O) groups is 1. The Hall–Kier alpha value is -2.56. The fourth-order valence-electron chi connectivity index (χ4n) is 1.68. The van der Waals surface area contributed by atoms with E-state index in [9.17, 15) is 19.4 Å². The van der Waals surface area contributed by atoms with E-state index in [1.54, 1.807) is 13.0 Å². The molecule has 4 nitrogen and oxygen atoms in total. The van der Waals surface area contributed by atoms with Crippen LogP contribution in [0.2, 0.25) is 0 Å². The molecule has 0 aliphatic carbocycles. The number of aromatic hydroxyl groups is 2. The van der Waals surface area contributed by atoms with Crippen molar-refractivity contribution in [3.63, 3.8) is 0 Å². The van der Waals surface area contributed by atoms with Crippen molar-refractivity contribution in [2.45, 2.75) is 13.5 Å². The summed E-state index contributed by atoms with van der Waals surface area (Å²) in [6.45, 7) is 1.34. The van der Waals surface area contributed by atoms with Gasteiger partial charge in [0.1, 0.15) is 18.0 Å². The first-order chi connectivity index (χ1) is 9.50. The molecule has 5 heteroatoms. The monoisotopic (exact) mass is 276 g/mol. The summed E-state index contributed by atoms with van der Waals surface area (Å²) in [5, 5.41) is 19.2. The van der Waals surface area contributed by atoms with E-state index in [1.165, 1.54) is 30.3 Å². The predicted octanol–water partition coefficient (Wildman–Crippen LogP) is 2.90. The van der Waals surface area contributed by atoms with Crippen molar-refractivity contribution < 1.29 is 24.1 Å². The summed E-state index contributed by atoms with van der Waals surface area (Å²) >= 11 is 0. The molecule has 0 radical (unpaired) electrons. The largest absolute Gasteiger partial charge is 0.504 e. The number of benzene rings is 2. The standard InChI is InChI=1S/C15H13FO4/c1-9-6-7-11(14(18)13(9)17)15(19)20-8-10-4-2-3-5-12(10)16/h2-7,17-18H,8H2,1H3. The van der Waals surface area contributed by atoms with Gasteiger partial charge in [-0.25, -0.2) is 9.18 Å². The van der Waals surface area contributed by atoms with Crippen LogP contribution >= 0.6 is 0 Å². The molecule has 2 aromatic rings. The predicted molar refractivity (Wildman–Crippen MR) is 70.0 cm³/mol. The molecule has 0 aliphatic heterocycles. The Morgan fingerprint density at radius 2 is 1.85 bits per heavy atom. The van der Waals surface area contributed by atoms with Crippen molar-refractivity contribution in [3.8, 4) is 11.5 Å². The van der Waals surface area contributed by atoms with Crippen LogP contribution < -0.4 is 0 Å². The van der Waals surface area contributed by atoms with Crippen molar-refractivity contribution in [3.05, 3.63) is 58.9 Å². The smallest absolute Gasteiger partial charge is 0.342 e. The van der Waals surface area contributed by atoms with Crippen molar-refractivity contribution in [1.29, 1.82) is 0 Å². The van der Waals surface area contributed by atoms with Gasteiger partial charge >= 0.3 is 5.97 Å². The van der Waals surface area contributed by atoms with Crippen LogP contribution in [0.5, 0.6) is 11.5 Å². The van der Waals surface area contributed by atoms with E-state index in [-0.39, 0.29) is 23.5 Å². The number of ether oxygens (including phenoxy) is 1. The second-order valence-electron chi connectivity index (χ2n) is 4.29. The SMILES string of the molecule is Cc1ccc(C(=O)OCc2ccccc2F)c(O)c1O. The first-order valence-corrected chi connectivity index (χ1v) is 5.92. The lowest BCUT2D eigenvalue weighted by Crippen LogP contribution is -2.06. The Labute approximate surface area is 115 Å². The van der Waals surface area contributed by atoms with Crippen LogP contribution in [0.1, 0.15) is 21.5 Å². The van der Waals surface area contributed by atoms with Crippen LogP contribution in [0.3, 0.4) is 0 Å². The van der Waals surface area contributed by atoms with Gasteiger partial charge in [-0.05, 0) is 24.6 Å². The molecule has 0 aliphatic rings. The van der Waals surface area contributed by atoms with Gasteiger partial charge in [-0.2, -0.15) is 0 Å². The molecule has 2 rings (SSSR count). The topological polar surface area (TPSA) is 66.8 Å². The van der Waals surface area contributed by atoms with Gasteiger partial charge in [-0.1, -0.05) is 24.3 Å². The van der Waals surface area contributed by atoms with Gasteiger partial charge in [0, 0.05) is 5.56 Å². The van der Waals surface area contributed by atoms with Crippen LogP contribution in [-0.4, -0.2) is 16.2 Å². The Morgan fingerprint density at radius 1 is 1.15 bits per heavy atom. The molecule has 2 aromatic carbocycles. The highest BCUT2D eigenvalue weighted by Crippen LogP contribution is 2.32. The molecular weight excluding hydrogens is 263 g/mol. The summed E-state index contributed by atoms with van der Waals surface area (Å²) in [5.74, 6) is -2.22. The van der Waals surface area contributed by atoms with E-state index in [1.807, 2.05) is 0 Å². The average Bonchev–Trinajstić information content (AvgIpc) is 2.44. The van der Waals surface area contributed by atoms with Crippen LogP contribution in [0.15, 0.2) is 36.4 Å². The number of rotatable bonds is 3. The molecule has 0 amide bonds. The van der Waals surface area contributed by atoms with Crippen LogP contribution in [0, 0.1) is 12.7 Å². The third kappa shape index (κ3) is 2.71. The molecule has 0 aromatic heterocycles. The van der Waals surface area contributed by atoms with Gasteiger partial charge < -0.3 is 14.9 Å². The highest BCUT2D eigenvalue weighted by Gasteiger charge is 2.17. The Balaban J connectivity index is 2.14. The molecule has 0 saturated carbocycles. The molecular formula is C15H13FO4. The van der Waals surface area contributed by atoms with Gasteiger partial charge in [0.05, 0.1) is 0 Å². The fourth-order valence-corrected chi connectivity index (χ4v) is 1.68. The quantitative estimate of drug-likeness (QED) is 0.668. The van der Waals surface area contributed by atoms with Crippen LogP contribution in [-0.2, 0) is 11.3 Å². The highest BCUT2D eigenvalue weighted by molar-refractivity contribution is 5.93. The zero-order chi connectivity index (χ0) is 14.7. The lowest BCUT2D eigenvalue weighted by molar-refractivity contribution is 0.0465. The third-order valence-corrected chi connectivity index (χ3v) is 2.89.